The van der Waals surface area contributed by atoms with Crippen molar-refractivity contribution in [3.8, 4) is 0 Å². The molecule has 0 aromatic heterocycles. The monoisotopic (exact) mass is 448 g/mol. The van der Waals surface area contributed by atoms with Gasteiger partial charge in [0.15, 0.2) is 0 Å². The van der Waals surface area contributed by atoms with Crippen LogP contribution in [0.1, 0.15) is 65.4 Å². The van der Waals surface area contributed by atoms with E-state index in [0.29, 0.717) is 25.8 Å². The Labute approximate surface area is 191 Å². The summed E-state index contributed by atoms with van der Waals surface area (Å²) in [6.45, 7) is 7.69. The molecule has 3 amide bonds. The normalized spacial score (nSPS) is 13.8. The highest BCUT2D eigenvalue weighted by Gasteiger charge is 2.34. The van der Waals surface area contributed by atoms with Gasteiger partial charge in [0.05, 0.1) is 17.9 Å². The van der Waals surface area contributed by atoms with Crippen LogP contribution in [0.15, 0.2) is 30.3 Å². The van der Waals surface area contributed by atoms with Gasteiger partial charge >= 0.3 is 0 Å². The molecule has 0 aliphatic rings. The highest BCUT2D eigenvalue weighted by molar-refractivity contribution is 5.89. The summed E-state index contributed by atoms with van der Waals surface area (Å²) >= 11 is 0. The summed E-state index contributed by atoms with van der Waals surface area (Å²) in [4.78, 5) is 38.1. The lowest BCUT2D eigenvalue weighted by atomic mass is 9.83. The maximum Gasteiger partial charge on any atom is 0.257 e. The van der Waals surface area contributed by atoms with Gasteiger partial charge in [0.25, 0.3) is 5.91 Å². The lowest BCUT2D eigenvalue weighted by Gasteiger charge is -2.31. The topological polar surface area (TPSA) is 125 Å². The first-order valence-electron chi connectivity index (χ1n) is 11.6. The minimum Gasteiger partial charge on any atom is -0.320 e. The van der Waals surface area contributed by atoms with Crippen molar-refractivity contribution in [2.45, 2.75) is 72.3 Å². The number of carbonyl (C=O) groups excluding carboxylic acids is 3. The van der Waals surface area contributed by atoms with Crippen LogP contribution in [0, 0.1) is 17.8 Å². The molecule has 1 rings (SSSR count). The predicted molar refractivity (Wildman–Crippen MR) is 124 cm³/mol. The second-order valence-electron chi connectivity index (χ2n) is 8.82. The van der Waals surface area contributed by atoms with Gasteiger partial charge in [0, 0.05) is 6.54 Å². The van der Waals surface area contributed by atoms with E-state index in [1.54, 1.807) is 12.4 Å². The van der Waals surface area contributed by atoms with Crippen LogP contribution in [0.5, 0.6) is 0 Å². The molecule has 1 unspecified atom stereocenters. The molecule has 0 saturated carbocycles. The molecule has 0 saturated heterocycles. The molecular weight excluding hydrogens is 408 g/mol. The molecule has 0 aliphatic carbocycles. The van der Waals surface area contributed by atoms with Gasteiger partial charge in [0.2, 0.25) is 11.8 Å². The van der Waals surface area contributed by atoms with Gasteiger partial charge < -0.3 is 5.73 Å². The quantitative estimate of drug-likeness (QED) is 0.210. The number of hydrazine groups is 1. The average Bonchev–Trinajstić information content (AvgIpc) is 2.76. The zero-order valence-electron chi connectivity index (χ0n) is 19.8. The van der Waals surface area contributed by atoms with Crippen LogP contribution in [0.2, 0.25) is 0 Å². The van der Waals surface area contributed by atoms with Gasteiger partial charge in [-0.05, 0) is 44.1 Å². The summed E-state index contributed by atoms with van der Waals surface area (Å²) < 4.78 is 0. The van der Waals surface area contributed by atoms with E-state index in [1.807, 2.05) is 39.0 Å². The van der Waals surface area contributed by atoms with Gasteiger partial charge in [-0.25, -0.2) is 5.48 Å². The Kier molecular flexibility index (Phi) is 12.6. The Balaban J connectivity index is 2.89. The Morgan fingerprint density at radius 2 is 1.62 bits per heavy atom. The maximum atomic E-state index is 13.2. The molecule has 32 heavy (non-hydrogen) atoms. The number of nitrogens with one attached hydrogen (secondary N) is 2. The van der Waals surface area contributed by atoms with Crippen LogP contribution >= 0.6 is 0 Å². The molecule has 0 radical (unpaired) electrons. The number of hydrogen-bond acceptors (Lipinski definition) is 5. The van der Waals surface area contributed by atoms with Crippen LogP contribution in [-0.2, 0) is 20.8 Å². The Hall–Kier alpha value is -2.45. The fourth-order valence-corrected chi connectivity index (χ4v) is 3.78. The van der Waals surface area contributed by atoms with Crippen molar-refractivity contribution in [3.05, 3.63) is 35.9 Å². The number of hydroxylamine groups is 1. The largest absolute Gasteiger partial charge is 0.320 e. The number of aryl methyl sites for hydroxylation is 1. The lowest BCUT2D eigenvalue weighted by molar-refractivity contribution is -0.148. The highest BCUT2D eigenvalue weighted by Crippen LogP contribution is 2.25. The third kappa shape index (κ3) is 9.36. The summed E-state index contributed by atoms with van der Waals surface area (Å²) in [5.41, 5.74) is 11.4. The molecule has 3 atom stereocenters. The van der Waals surface area contributed by atoms with Gasteiger partial charge in [-0.3, -0.25) is 30.0 Å². The molecule has 8 heteroatoms. The van der Waals surface area contributed by atoms with Crippen molar-refractivity contribution in [3.63, 3.8) is 0 Å². The Morgan fingerprint density at radius 1 is 1.00 bits per heavy atom. The maximum absolute atomic E-state index is 13.2. The molecule has 8 nitrogen and oxygen atoms in total. The molecule has 180 valence electrons. The number of amides is 3. The number of hydrogen-bond donors (Lipinski definition) is 4. The summed E-state index contributed by atoms with van der Waals surface area (Å²) in [6.07, 6.45) is 4.08. The summed E-state index contributed by atoms with van der Waals surface area (Å²) in [5, 5.41) is 10.5. The van der Waals surface area contributed by atoms with Crippen LogP contribution in [-0.4, -0.2) is 40.5 Å². The Bertz CT molecular complexity index is 709. The first kappa shape index (κ1) is 27.6. The third-order valence-corrected chi connectivity index (χ3v) is 5.39. The minimum absolute atomic E-state index is 0.122. The molecule has 0 fully saturated rings. The fraction of sp³-hybridized carbons (Fsp3) is 0.625. The van der Waals surface area contributed by atoms with E-state index in [0.717, 1.165) is 19.3 Å². The van der Waals surface area contributed by atoms with Crippen LogP contribution in [0.25, 0.3) is 0 Å². The fourth-order valence-electron chi connectivity index (χ4n) is 3.78. The average molecular weight is 449 g/mol. The molecule has 0 spiro atoms. The van der Waals surface area contributed by atoms with Crippen LogP contribution in [0.4, 0.5) is 0 Å². The van der Waals surface area contributed by atoms with E-state index in [2.05, 4.69) is 17.6 Å². The van der Waals surface area contributed by atoms with Gasteiger partial charge in [-0.15, -0.1) is 0 Å². The van der Waals surface area contributed by atoms with E-state index in [9.17, 15) is 19.6 Å². The van der Waals surface area contributed by atoms with Crippen molar-refractivity contribution in [2.24, 2.45) is 23.5 Å². The van der Waals surface area contributed by atoms with E-state index < -0.39 is 29.7 Å². The minimum atomic E-state index is -0.756. The summed E-state index contributed by atoms with van der Waals surface area (Å²) in [5.74, 6) is -2.60. The van der Waals surface area contributed by atoms with Crippen LogP contribution < -0.4 is 16.6 Å². The molecule has 1 aromatic carbocycles. The predicted octanol–water partition coefficient (Wildman–Crippen LogP) is 2.80. The van der Waals surface area contributed by atoms with Gasteiger partial charge in [-0.1, -0.05) is 63.9 Å². The number of carbonyl (C=O) groups is 3. The molecule has 1 aromatic rings. The van der Waals surface area contributed by atoms with Gasteiger partial charge in [0.1, 0.15) is 0 Å². The summed E-state index contributed by atoms with van der Waals surface area (Å²) in [6, 6.07) is 9.32. The zero-order valence-corrected chi connectivity index (χ0v) is 19.8. The standard InChI is InChI=1S/C24H40N4O4/c1-5-11-20(22(29)26-28(16-17(2)3)24(31)18(4)25)21(23(30)27-32)15-10-9-14-19-12-7-6-8-13-19/h6-8,12-13,17-18,20-21,32H,5,9-11,14-16,25H2,1-4H3,(H,26,29)(H,27,30)/t18-,20-,21?/m1/s1. The van der Waals surface area contributed by atoms with E-state index in [4.69, 9.17) is 5.73 Å². The van der Waals surface area contributed by atoms with Crippen LogP contribution in [0.3, 0.4) is 0 Å². The first-order valence-corrected chi connectivity index (χ1v) is 11.6. The first-order chi connectivity index (χ1) is 15.2. The summed E-state index contributed by atoms with van der Waals surface area (Å²) in [7, 11) is 0. The highest BCUT2D eigenvalue weighted by atomic mass is 16.5. The van der Waals surface area contributed by atoms with Crippen molar-refractivity contribution >= 4 is 17.7 Å². The van der Waals surface area contributed by atoms with Crippen molar-refractivity contribution in [2.75, 3.05) is 6.54 Å². The van der Waals surface area contributed by atoms with Crippen molar-refractivity contribution in [1.29, 1.82) is 0 Å². The zero-order chi connectivity index (χ0) is 24.1. The number of nitrogens with two attached hydrogens (primary N) is 1. The van der Waals surface area contributed by atoms with E-state index >= 15 is 0 Å². The van der Waals surface area contributed by atoms with Gasteiger partial charge in [-0.2, -0.15) is 0 Å². The SMILES string of the molecule is CCC[C@@H](C(=O)NN(CC(C)C)C(=O)[C@@H](C)N)C(CCCCc1ccccc1)C(=O)NO. The van der Waals surface area contributed by atoms with E-state index in [1.165, 1.54) is 10.6 Å². The number of unbranched alkanes of at least 4 members (excludes halogenated alkanes) is 1. The smallest absolute Gasteiger partial charge is 0.257 e. The number of rotatable bonds is 13. The third-order valence-electron chi connectivity index (χ3n) is 5.39. The molecule has 0 aliphatic heterocycles. The van der Waals surface area contributed by atoms with Crippen molar-refractivity contribution in [1.82, 2.24) is 15.9 Å². The number of benzene rings is 1. The second-order valence-corrected chi connectivity index (χ2v) is 8.82. The van der Waals surface area contributed by atoms with E-state index in [-0.39, 0.29) is 11.8 Å². The number of nitrogens with zero attached hydrogens (tertiary/aromatic N) is 1. The lowest BCUT2D eigenvalue weighted by Crippen LogP contribution is -2.55. The molecule has 0 bridgehead atoms. The molecule has 5 N–H and O–H groups in total. The molecular formula is C24H40N4O4. The Morgan fingerprint density at radius 3 is 2.16 bits per heavy atom. The molecule has 0 heterocycles. The van der Waals surface area contributed by atoms with Crippen molar-refractivity contribution < 1.29 is 19.6 Å². The second kappa shape index (κ2) is 14.6.